The van der Waals surface area contributed by atoms with Gasteiger partial charge in [-0.2, -0.15) is 0 Å². The van der Waals surface area contributed by atoms with Gasteiger partial charge in [-0.25, -0.2) is 4.39 Å². The van der Waals surface area contributed by atoms with Crippen LogP contribution >= 0.6 is 15.9 Å². The molecular formula is C11H10BrFO. The summed E-state index contributed by atoms with van der Waals surface area (Å²) in [5.74, 6) is -0.161. The molecule has 0 heterocycles. The van der Waals surface area contributed by atoms with E-state index in [1.807, 2.05) is 0 Å². The van der Waals surface area contributed by atoms with Crippen LogP contribution in [0.25, 0.3) is 0 Å². The highest BCUT2D eigenvalue weighted by molar-refractivity contribution is 9.10. The van der Waals surface area contributed by atoms with Crippen LogP contribution in [0.5, 0.6) is 0 Å². The highest BCUT2D eigenvalue weighted by Crippen LogP contribution is 2.32. The number of ketones is 1. The van der Waals surface area contributed by atoms with Crippen LogP contribution in [0.2, 0.25) is 0 Å². The molecule has 14 heavy (non-hydrogen) atoms. The monoisotopic (exact) mass is 256 g/mol. The molecule has 1 aliphatic carbocycles. The van der Waals surface area contributed by atoms with Gasteiger partial charge in [0, 0.05) is 16.0 Å². The Labute approximate surface area is 90.4 Å². The lowest BCUT2D eigenvalue weighted by Crippen LogP contribution is -2.22. The molecule has 0 N–H and O–H groups in total. The Morgan fingerprint density at radius 2 is 2.14 bits per heavy atom. The average Bonchev–Trinajstić information content (AvgIpc) is 2.06. The van der Waals surface area contributed by atoms with Gasteiger partial charge in [-0.1, -0.05) is 22.4 Å². The summed E-state index contributed by atoms with van der Waals surface area (Å²) in [6.45, 7) is 0. The van der Waals surface area contributed by atoms with E-state index in [4.69, 9.17) is 0 Å². The summed E-state index contributed by atoms with van der Waals surface area (Å²) in [5, 5.41) is 0. The van der Waals surface area contributed by atoms with Crippen LogP contribution in [-0.2, 0) is 0 Å². The summed E-state index contributed by atoms with van der Waals surface area (Å²) < 4.78 is 13.6. The van der Waals surface area contributed by atoms with Crippen LogP contribution in [0, 0.1) is 11.7 Å². The van der Waals surface area contributed by atoms with Gasteiger partial charge in [0.2, 0.25) is 0 Å². The number of benzene rings is 1. The molecule has 1 aromatic rings. The highest BCUT2D eigenvalue weighted by Gasteiger charge is 2.27. The Morgan fingerprint density at radius 1 is 1.43 bits per heavy atom. The molecule has 74 valence electrons. The fourth-order valence-corrected chi connectivity index (χ4v) is 2.02. The SMILES string of the molecule is O=C(c1cc(F)ccc1Br)C1CCC1. The molecule has 1 aliphatic rings. The molecule has 2 rings (SSSR count). The van der Waals surface area contributed by atoms with Crippen molar-refractivity contribution in [3.63, 3.8) is 0 Å². The second kappa shape index (κ2) is 3.81. The van der Waals surface area contributed by atoms with Gasteiger partial charge < -0.3 is 0 Å². The molecule has 1 nitrogen and oxygen atoms in total. The standard InChI is InChI=1S/C11H10BrFO/c12-10-5-4-8(13)6-9(10)11(14)7-2-1-3-7/h4-7H,1-3H2. The van der Waals surface area contributed by atoms with E-state index in [2.05, 4.69) is 15.9 Å². The second-order valence-corrected chi connectivity index (χ2v) is 4.47. The smallest absolute Gasteiger partial charge is 0.167 e. The molecule has 0 radical (unpaired) electrons. The summed E-state index contributed by atoms with van der Waals surface area (Å²) in [5.41, 5.74) is 0.481. The number of carbonyl (C=O) groups excluding carboxylic acids is 1. The van der Waals surface area contributed by atoms with Crippen molar-refractivity contribution in [2.45, 2.75) is 19.3 Å². The zero-order chi connectivity index (χ0) is 10.1. The molecule has 1 aromatic carbocycles. The van der Waals surface area contributed by atoms with Crippen molar-refractivity contribution in [3.8, 4) is 0 Å². The zero-order valence-corrected chi connectivity index (χ0v) is 9.18. The molecule has 0 bridgehead atoms. The van der Waals surface area contributed by atoms with E-state index >= 15 is 0 Å². The molecule has 0 amide bonds. The third kappa shape index (κ3) is 1.73. The topological polar surface area (TPSA) is 17.1 Å². The number of carbonyl (C=O) groups is 1. The molecular weight excluding hydrogens is 247 g/mol. The van der Waals surface area contributed by atoms with E-state index in [-0.39, 0.29) is 17.5 Å². The number of hydrogen-bond donors (Lipinski definition) is 0. The van der Waals surface area contributed by atoms with Crippen LogP contribution in [0.15, 0.2) is 22.7 Å². The van der Waals surface area contributed by atoms with E-state index in [1.165, 1.54) is 12.1 Å². The van der Waals surface area contributed by atoms with Gasteiger partial charge in [-0.15, -0.1) is 0 Å². The maximum Gasteiger partial charge on any atom is 0.167 e. The largest absolute Gasteiger partial charge is 0.294 e. The van der Waals surface area contributed by atoms with Crippen molar-refractivity contribution in [1.29, 1.82) is 0 Å². The second-order valence-electron chi connectivity index (χ2n) is 3.62. The quantitative estimate of drug-likeness (QED) is 0.740. The van der Waals surface area contributed by atoms with Gasteiger partial charge in [-0.05, 0) is 31.0 Å². The Bertz CT molecular complexity index is 372. The van der Waals surface area contributed by atoms with E-state index < -0.39 is 0 Å². The first-order valence-electron chi connectivity index (χ1n) is 4.68. The van der Waals surface area contributed by atoms with Crippen LogP contribution in [0.3, 0.4) is 0 Å². The molecule has 1 fully saturated rings. The van der Waals surface area contributed by atoms with Gasteiger partial charge in [0.25, 0.3) is 0 Å². The van der Waals surface area contributed by atoms with E-state index in [0.717, 1.165) is 19.3 Å². The average molecular weight is 257 g/mol. The van der Waals surface area contributed by atoms with Crippen molar-refractivity contribution in [1.82, 2.24) is 0 Å². The van der Waals surface area contributed by atoms with Crippen LogP contribution in [0.1, 0.15) is 29.6 Å². The first kappa shape index (κ1) is 9.84. The van der Waals surface area contributed by atoms with Gasteiger partial charge in [0.1, 0.15) is 5.82 Å². The minimum atomic E-state index is -0.351. The highest BCUT2D eigenvalue weighted by atomic mass is 79.9. The molecule has 0 spiro atoms. The number of Topliss-reactive ketones (excluding diaryl/α,β-unsaturated/α-hetero) is 1. The van der Waals surface area contributed by atoms with Crippen molar-refractivity contribution < 1.29 is 9.18 Å². The molecule has 0 unspecified atom stereocenters. The molecule has 3 heteroatoms. The van der Waals surface area contributed by atoms with Crippen molar-refractivity contribution in [3.05, 3.63) is 34.1 Å². The first-order chi connectivity index (χ1) is 6.68. The third-order valence-electron chi connectivity index (χ3n) is 2.67. The van der Waals surface area contributed by atoms with E-state index in [1.54, 1.807) is 6.07 Å². The predicted molar refractivity (Wildman–Crippen MR) is 55.8 cm³/mol. The summed E-state index contributed by atoms with van der Waals surface area (Å²) in [6, 6.07) is 4.24. The Kier molecular flexibility index (Phi) is 2.68. The van der Waals surface area contributed by atoms with Crippen molar-refractivity contribution >= 4 is 21.7 Å². The van der Waals surface area contributed by atoms with Gasteiger partial charge in [0.15, 0.2) is 5.78 Å². The maximum atomic E-state index is 12.9. The number of rotatable bonds is 2. The molecule has 0 atom stereocenters. The lowest BCUT2D eigenvalue weighted by Gasteiger charge is -2.24. The van der Waals surface area contributed by atoms with Gasteiger partial charge >= 0.3 is 0 Å². The first-order valence-corrected chi connectivity index (χ1v) is 5.47. The minimum absolute atomic E-state index is 0.0719. The van der Waals surface area contributed by atoms with E-state index in [9.17, 15) is 9.18 Å². The fourth-order valence-electron chi connectivity index (χ4n) is 1.58. The summed E-state index contributed by atoms with van der Waals surface area (Å²) in [4.78, 5) is 11.8. The lowest BCUT2D eigenvalue weighted by atomic mass is 9.80. The summed E-state index contributed by atoms with van der Waals surface area (Å²) in [6.07, 6.45) is 3.01. The Balaban J connectivity index is 2.29. The van der Waals surface area contributed by atoms with Crippen molar-refractivity contribution in [2.24, 2.45) is 5.92 Å². The van der Waals surface area contributed by atoms with Crippen LogP contribution in [0.4, 0.5) is 4.39 Å². The molecule has 1 saturated carbocycles. The third-order valence-corrected chi connectivity index (χ3v) is 3.36. The summed E-state index contributed by atoms with van der Waals surface area (Å²) in [7, 11) is 0. The summed E-state index contributed by atoms with van der Waals surface area (Å²) >= 11 is 3.27. The van der Waals surface area contributed by atoms with Gasteiger partial charge in [0.05, 0.1) is 0 Å². The fraction of sp³-hybridized carbons (Fsp3) is 0.364. The van der Waals surface area contributed by atoms with Gasteiger partial charge in [-0.3, -0.25) is 4.79 Å². The van der Waals surface area contributed by atoms with Crippen molar-refractivity contribution in [2.75, 3.05) is 0 Å². The number of hydrogen-bond acceptors (Lipinski definition) is 1. The van der Waals surface area contributed by atoms with E-state index in [0.29, 0.717) is 10.0 Å². The Hall–Kier alpha value is -0.700. The Morgan fingerprint density at radius 3 is 2.71 bits per heavy atom. The normalized spacial score (nSPS) is 16.4. The zero-order valence-electron chi connectivity index (χ0n) is 7.59. The van der Waals surface area contributed by atoms with Crippen LogP contribution in [-0.4, -0.2) is 5.78 Å². The molecule has 0 aliphatic heterocycles. The minimum Gasteiger partial charge on any atom is -0.294 e. The maximum absolute atomic E-state index is 12.9. The predicted octanol–water partition coefficient (Wildman–Crippen LogP) is 3.57. The lowest BCUT2D eigenvalue weighted by molar-refractivity contribution is 0.0854. The number of halogens is 2. The molecule has 0 aromatic heterocycles. The molecule has 0 saturated heterocycles. The van der Waals surface area contributed by atoms with Crippen LogP contribution < -0.4 is 0 Å².